The van der Waals surface area contributed by atoms with Crippen LogP contribution in [0.25, 0.3) is 11.3 Å². The highest BCUT2D eigenvalue weighted by Crippen LogP contribution is 2.24. The van der Waals surface area contributed by atoms with Gasteiger partial charge in [0.05, 0.1) is 5.69 Å². The zero-order chi connectivity index (χ0) is 12.3. The summed E-state index contributed by atoms with van der Waals surface area (Å²) in [5, 5.41) is 11.8. The fraction of sp³-hybridized carbons (Fsp3) is 0.231. The second kappa shape index (κ2) is 4.93. The molecule has 1 heterocycles. The number of fused-ring (bicyclic) bond motifs is 1. The van der Waals surface area contributed by atoms with Crippen LogP contribution in [0.4, 0.5) is 0 Å². The first kappa shape index (κ1) is 11.5. The second-order valence-electron chi connectivity index (χ2n) is 3.88. The summed E-state index contributed by atoms with van der Waals surface area (Å²) in [7, 11) is 1.65. The van der Waals surface area contributed by atoms with Crippen molar-refractivity contribution in [3.05, 3.63) is 42.1 Å². The Morgan fingerprint density at radius 2 is 2.18 bits per heavy atom. The lowest BCUT2D eigenvalue weighted by Gasteiger charge is -2.10. The van der Waals surface area contributed by atoms with Gasteiger partial charge < -0.3 is 10.4 Å². The number of carboxylic acid groups (broad SMARTS) is 1. The van der Waals surface area contributed by atoms with Crippen molar-refractivity contribution in [3.63, 3.8) is 0 Å². The van der Waals surface area contributed by atoms with Crippen molar-refractivity contribution in [1.29, 1.82) is 0 Å². The molecule has 0 fully saturated rings. The molecule has 0 aromatic heterocycles. The Morgan fingerprint density at radius 3 is 2.88 bits per heavy atom. The van der Waals surface area contributed by atoms with Crippen molar-refractivity contribution < 1.29 is 9.90 Å². The molecule has 4 heteroatoms. The van der Waals surface area contributed by atoms with Crippen molar-refractivity contribution >= 4 is 5.97 Å². The van der Waals surface area contributed by atoms with E-state index in [1.807, 2.05) is 30.3 Å². The van der Waals surface area contributed by atoms with Crippen LogP contribution in [0.3, 0.4) is 0 Å². The Hall–Kier alpha value is -1.94. The average Bonchev–Trinajstić information content (AvgIpc) is 2.54. The summed E-state index contributed by atoms with van der Waals surface area (Å²) in [5.74, 6) is -0.845. The first-order valence-corrected chi connectivity index (χ1v) is 5.45. The Bertz CT molecular complexity index is 499. The molecule has 1 atom stereocenters. The van der Waals surface area contributed by atoms with Crippen LogP contribution in [-0.2, 0) is 11.2 Å². The Labute approximate surface area is 99.7 Å². The van der Waals surface area contributed by atoms with E-state index < -0.39 is 12.0 Å². The van der Waals surface area contributed by atoms with Gasteiger partial charge in [0.2, 0.25) is 0 Å². The van der Waals surface area contributed by atoms with Crippen molar-refractivity contribution in [2.45, 2.75) is 12.5 Å². The molecule has 1 aliphatic carbocycles. The van der Waals surface area contributed by atoms with Gasteiger partial charge in [-0.25, -0.2) is 0 Å². The molecule has 0 amide bonds. The van der Waals surface area contributed by atoms with E-state index in [9.17, 15) is 4.79 Å². The molecule has 2 rings (SSSR count). The summed E-state index contributed by atoms with van der Waals surface area (Å²) in [6.07, 6.45) is 2.18. The predicted molar refractivity (Wildman–Crippen MR) is 65.0 cm³/mol. The zero-order valence-electron chi connectivity index (χ0n) is 9.55. The third-order valence-corrected chi connectivity index (χ3v) is 2.79. The molecule has 1 aliphatic heterocycles. The van der Waals surface area contributed by atoms with Crippen LogP contribution in [0.1, 0.15) is 5.56 Å². The fourth-order valence-corrected chi connectivity index (χ4v) is 1.83. The van der Waals surface area contributed by atoms with Crippen LogP contribution in [0, 0.1) is 0 Å². The third-order valence-electron chi connectivity index (χ3n) is 2.79. The highest BCUT2D eigenvalue weighted by Gasteiger charge is 2.19. The fourth-order valence-electron chi connectivity index (χ4n) is 1.83. The molecule has 2 N–H and O–H groups in total. The smallest absolute Gasteiger partial charge is 0.321 e. The van der Waals surface area contributed by atoms with Crippen LogP contribution in [0.5, 0.6) is 0 Å². The standard InChI is InChI=1S/C13H14N2O2/c1-14-12(13(16)17)7-9-8-15-11-6-4-2-3-5-10(9)11/h2-6,8,12,14H,7H2,1H3,(H,16,17). The number of rotatable bonds is 4. The van der Waals surface area contributed by atoms with E-state index in [0.717, 1.165) is 16.8 Å². The van der Waals surface area contributed by atoms with E-state index in [2.05, 4.69) is 10.3 Å². The lowest BCUT2D eigenvalue weighted by Crippen LogP contribution is -2.35. The summed E-state index contributed by atoms with van der Waals surface area (Å²) in [5.41, 5.74) is 2.86. The van der Waals surface area contributed by atoms with Gasteiger partial charge in [-0.2, -0.15) is 0 Å². The summed E-state index contributed by atoms with van der Waals surface area (Å²) in [6, 6.07) is 9.10. The Balaban J connectivity index is 2.30. The van der Waals surface area contributed by atoms with Crippen LogP contribution in [-0.4, -0.2) is 29.1 Å². The lowest BCUT2D eigenvalue weighted by molar-refractivity contribution is -0.139. The molecule has 0 aromatic carbocycles. The van der Waals surface area contributed by atoms with Crippen LogP contribution >= 0.6 is 0 Å². The molecule has 0 radical (unpaired) electrons. The average molecular weight is 230 g/mol. The molecule has 17 heavy (non-hydrogen) atoms. The number of aliphatic carboxylic acids is 1. The second-order valence-corrected chi connectivity index (χ2v) is 3.88. The molecule has 4 nitrogen and oxygen atoms in total. The van der Waals surface area contributed by atoms with Gasteiger partial charge in [0.1, 0.15) is 6.04 Å². The number of nitrogens with zero attached hydrogens (tertiary/aromatic N) is 1. The topological polar surface area (TPSA) is 62.2 Å². The Kier molecular flexibility index (Phi) is 3.35. The van der Waals surface area contributed by atoms with Crippen LogP contribution in [0.2, 0.25) is 0 Å². The SMILES string of the molecule is CNC(Cc1cnc2cccccc1-2)C(=O)O. The normalized spacial score (nSPS) is 12.5. The summed E-state index contributed by atoms with van der Waals surface area (Å²) in [6.45, 7) is 0. The molecule has 1 unspecified atom stereocenters. The van der Waals surface area contributed by atoms with Crippen molar-refractivity contribution in [2.24, 2.45) is 0 Å². The van der Waals surface area contributed by atoms with E-state index in [-0.39, 0.29) is 0 Å². The Morgan fingerprint density at radius 1 is 1.41 bits per heavy atom. The summed E-state index contributed by atoms with van der Waals surface area (Å²) < 4.78 is 0. The van der Waals surface area contributed by atoms with E-state index in [1.54, 1.807) is 13.2 Å². The number of aromatic nitrogens is 1. The van der Waals surface area contributed by atoms with Crippen LogP contribution < -0.4 is 5.32 Å². The van der Waals surface area contributed by atoms with Gasteiger partial charge in [-0.3, -0.25) is 9.78 Å². The third kappa shape index (κ3) is 2.42. The molecular weight excluding hydrogens is 216 g/mol. The van der Waals surface area contributed by atoms with Gasteiger partial charge in [-0.05, 0) is 18.7 Å². The molecule has 0 aromatic rings. The van der Waals surface area contributed by atoms with Crippen molar-refractivity contribution in [1.82, 2.24) is 10.3 Å². The first-order valence-electron chi connectivity index (χ1n) is 5.45. The molecular formula is C13H14N2O2. The zero-order valence-corrected chi connectivity index (χ0v) is 9.55. The molecule has 88 valence electrons. The summed E-state index contributed by atoms with van der Waals surface area (Å²) in [4.78, 5) is 15.3. The minimum absolute atomic E-state index is 0.437. The van der Waals surface area contributed by atoms with Gasteiger partial charge in [0, 0.05) is 18.2 Å². The predicted octanol–water partition coefficient (Wildman–Crippen LogP) is 1.40. The van der Waals surface area contributed by atoms with Crippen LogP contribution in [0.15, 0.2) is 36.5 Å². The molecule has 0 bridgehead atoms. The maximum absolute atomic E-state index is 11.0. The maximum atomic E-state index is 11.0. The minimum Gasteiger partial charge on any atom is -0.480 e. The highest BCUT2D eigenvalue weighted by molar-refractivity contribution is 5.75. The minimum atomic E-state index is -0.845. The highest BCUT2D eigenvalue weighted by atomic mass is 16.4. The largest absolute Gasteiger partial charge is 0.480 e. The van der Waals surface area contributed by atoms with Crippen molar-refractivity contribution in [3.8, 4) is 11.3 Å². The summed E-state index contributed by atoms with van der Waals surface area (Å²) >= 11 is 0. The number of hydrogen-bond acceptors (Lipinski definition) is 3. The number of carbonyl (C=O) groups is 1. The quantitative estimate of drug-likeness (QED) is 0.833. The van der Waals surface area contributed by atoms with E-state index in [1.165, 1.54) is 0 Å². The monoisotopic (exact) mass is 230 g/mol. The number of likely N-dealkylation sites (N-methyl/N-ethyl adjacent to an activating group) is 1. The van der Waals surface area contributed by atoms with Gasteiger partial charge >= 0.3 is 5.97 Å². The number of carboxylic acids is 1. The van der Waals surface area contributed by atoms with Crippen molar-refractivity contribution in [2.75, 3.05) is 7.05 Å². The molecule has 0 saturated carbocycles. The van der Waals surface area contributed by atoms with Gasteiger partial charge in [-0.1, -0.05) is 24.3 Å². The molecule has 0 saturated heterocycles. The van der Waals surface area contributed by atoms with E-state index in [4.69, 9.17) is 5.11 Å². The maximum Gasteiger partial charge on any atom is 0.321 e. The first-order chi connectivity index (χ1) is 8.22. The van der Waals surface area contributed by atoms with Gasteiger partial charge in [-0.15, -0.1) is 0 Å². The van der Waals surface area contributed by atoms with E-state index >= 15 is 0 Å². The van der Waals surface area contributed by atoms with Gasteiger partial charge in [0.25, 0.3) is 0 Å². The van der Waals surface area contributed by atoms with E-state index in [0.29, 0.717) is 6.42 Å². The lowest BCUT2D eigenvalue weighted by atomic mass is 10.0. The molecule has 2 aliphatic rings. The number of hydrogen-bond donors (Lipinski definition) is 2. The molecule has 0 spiro atoms. The number of nitrogens with one attached hydrogen (secondary N) is 1. The van der Waals surface area contributed by atoms with Gasteiger partial charge in [0.15, 0.2) is 0 Å².